The van der Waals surface area contributed by atoms with Crippen molar-refractivity contribution in [3.8, 4) is 6.07 Å². The number of carbonyl (C=O) groups excluding carboxylic acids is 1. The summed E-state index contributed by atoms with van der Waals surface area (Å²) in [6.07, 6.45) is 0.169. The van der Waals surface area contributed by atoms with E-state index >= 15 is 0 Å². The van der Waals surface area contributed by atoms with Crippen LogP contribution in [0.1, 0.15) is 5.82 Å². The minimum absolute atomic E-state index is 0.0531. The van der Waals surface area contributed by atoms with E-state index in [9.17, 15) is 4.79 Å². The summed E-state index contributed by atoms with van der Waals surface area (Å²) in [6, 6.07) is 9.44. The number of benzene rings is 1. The van der Waals surface area contributed by atoms with Gasteiger partial charge in [0, 0.05) is 0 Å². The maximum Gasteiger partial charge on any atom is 0.237 e. The van der Waals surface area contributed by atoms with Crippen LogP contribution >= 0.6 is 0 Å². The van der Waals surface area contributed by atoms with E-state index < -0.39 is 5.91 Å². The molecule has 0 unspecified atom stereocenters. The molecule has 0 aliphatic carbocycles. The summed E-state index contributed by atoms with van der Waals surface area (Å²) in [5.74, 6) is 0.129. The van der Waals surface area contributed by atoms with Crippen LogP contribution in [0.5, 0.6) is 0 Å². The van der Waals surface area contributed by atoms with Gasteiger partial charge < -0.3 is 10.3 Å². The molecule has 2 N–H and O–H groups in total. The lowest BCUT2D eigenvalue weighted by Crippen LogP contribution is -2.20. The van der Waals surface area contributed by atoms with E-state index in [1.165, 1.54) is 0 Å². The van der Waals surface area contributed by atoms with Crippen LogP contribution < -0.4 is 5.73 Å². The van der Waals surface area contributed by atoms with Crippen molar-refractivity contribution in [1.29, 1.82) is 5.26 Å². The second-order valence-electron chi connectivity index (χ2n) is 3.40. The fourth-order valence-corrected chi connectivity index (χ4v) is 1.66. The third-order valence-corrected chi connectivity index (χ3v) is 2.28. The molecule has 1 aromatic heterocycles. The Morgan fingerprint density at radius 3 is 2.94 bits per heavy atom. The lowest BCUT2D eigenvalue weighted by atomic mass is 10.3. The Labute approximate surface area is 92.1 Å². The Hall–Kier alpha value is -2.35. The highest BCUT2D eigenvalue weighted by molar-refractivity contribution is 5.80. The Bertz CT molecular complexity index is 579. The van der Waals surface area contributed by atoms with Crippen molar-refractivity contribution in [1.82, 2.24) is 9.55 Å². The molecule has 1 heterocycles. The summed E-state index contributed by atoms with van der Waals surface area (Å²) in [5.41, 5.74) is 6.77. The number of nitrogens with zero attached hydrogens (tertiary/aromatic N) is 3. The number of fused-ring (bicyclic) bond motifs is 1. The van der Waals surface area contributed by atoms with Crippen molar-refractivity contribution in [2.45, 2.75) is 13.0 Å². The number of para-hydroxylation sites is 2. The molecule has 1 amide bonds. The maximum atomic E-state index is 11.0. The second-order valence-corrected chi connectivity index (χ2v) is 3.40. The van der Waals surface area contributed by atoms with E-state index in [0.29, 0.717) is 5.82 Å². The molecule has 16 heavy (non-hydrogen) atoms. The van der Waals surface area contributed by atoms with E-state index in [2.05, 4.69) is 4.98 Å². The number of nitriles is 1. The minimum atomic E-state index is -0.442. The van der Waals surface area contributed by atoms with Gasteiger partial charge in [0.05, 0.1) is 23.5 Å². The first-order chi connectivity index (χ1) is 7.72. The molecule has 0 aliphatic heterocycles. The van der Waals surface area contributed by atoms with Crippen molar-refractivity contribution in [3.63, 3.8) is 0 Å². The third kappa shape index (κ3) is 1.73. The van der Waals surface area contributed by atoms with Crippen LogP contribution in [0.2, 0.25) is 0 Å². The first-order valence-corrected chi connectivity index (χ1v) is 4.82. The van der Waals surface area contributed by atoms with Gasteiger partial charge >= 0.3 is 0 Å². The molecule has 0 aliphatic rings. The van der Waals surface area contributed by atoms with Crippen LogP contribution in [-0.4, -0.2) is 15.5 Å². The molecule has 0 saturated carbocycles. The first kappa shape index (κ1) is 10.2. The van der Waals surface area contributed by atoms with Crippen LogP contribution in [0.3, 0.4) is 0 Å². The number of hydrogen-bond acceptors (Lipinski definition) is 3. The Balaban J connectivity index is 2.60. The Kier molecular flexibility index (Phi) is 2.56. The van der Waals surface area contributed by atoms with Crippen molar-refractivity contribution >= 4 is 16.9 Å². The van der Waals surface area contributed by atoms with Crippen LogP contribution in [0.15, 0.2) is 24.3 Å². The zero-order valence-electron chi connectivity index (χ0n) is 8.55. The van der Waals surface area contributed by atoms with Gasteiger partial charge in [-0.1, -0.05) is 12.1 Å². The number of nitrogens with two attached hydrogens (primary N) is 1. The first-order valence-electron chi connectivity index (χ1n) is 4.82. The number of aromatic nitrogens is 2. The van der Waals surface area contributed by atoms with Gasteiger partial charge in [-0.05, 0) is 12.1 Å². The fraction of sp³-hybridized carbons (Fsp3) is 0.182. The van der Waals surface area contributed by atoms with Crippen LogP contribution in [0.25, 0.3) is 11.0 Å². The number of amides is 1. The minimum Gasteiger partial charge on any atom is -0.368 e. The fourth-order valence-electron chi connectivity index (χ4n) is 1.66. The maximum absolute atomic E-state index is 11.0. The van der Waals surface area contributed by atoms with Crippen LogP contribution in [0.4, 0.5) is 0 Å². The van der Waals surface area contributed by atoms with Gasteiger partial charge in [0.1, 0.15) is 12.4 Å². The lowest BCUT2D eigenvalue weighted by Gasteiger charge is -2.03. The Morgan fingerprint density at radius 2 is 2.25 bits per heavy atom. The summed E-state index contributed by atoms with van der Waals surface area (Å²) < 4.78 is 1.68. The largest absolute Gasteiger partial charge is 0.368 e. The average Bonchev–Trinajstić information content (AvgIpc) is 2.57. The number of carbonyl (C=O) groups is 1. The van der Waals surface area contributed by atoms with Gasteiger partial charge in [-0.3, -0.25) is 4.79 Å². The van der Waals surface area contributed by atoms with Crippen molar-refractivity contribution < 1.29 is 4.79 Å². The monoisotopic (exact) mass is 214 g/mol. The highest BCUT2D eigenvalue weighted by Crippen LogP contribution is 2.15. The van der Waals surface area contributed by atoms with Gasteiger partial charge in [-0.25, -0.2) is 4.98 Å². The van der Waals surface area contributed by atoms with E-state index in [-0.39, 0.29) is 13.0 Å². The molecule has 5 heteroatoms. The Morgan fingerprint density at radius 1 is 1.50 bits per heavy atom. The number of primary amides is 1. The zero-order valence-corrected chi connectivity index (χ0v) is 8.55. The molecular weight excluding hydrogens is 204 g/mol. The van der Waals surface area contributed by atoms with Crippen LogP contribution in [-0.2, 0) is 17.8 Å². The molecule has 0 saturated heterocycles. The van der Waals surface area contributed by atoms with Crippen molar-refractivity contribution in [2.24, 2.45) is 5.73 Å². The third-order valence-electron chi connectivity index (χ3n) is 2.28. The number of rotatable bonds is 3. The molecule has 2 rings (SSSR count). The summed E-state index contributed by atoms with van der Waals surface area (Å²) in [7, 11) is 0. The molecule has 1 aromatic carbocycles. The van der Waals surface area contributed by atoms with Gasteiger partial charge in [-0.2, -0.15) is 5.26 Å². The highest BCUT2D eigenvalue weighted by atomic mass is 16.1. The van der Waals surface area contributed by atoms with E-state index in [0.717, 1.165) is 11.0 Å². The average molecular weight is 214 g/mol. The molecule has 0 radical (unpaired) electrons. The van der Waals surface area contributed by atoms with Gasteiger partial charge in [-0.15, -0.1) is 0 Å². The second kappa shape index (κ2) is 4.03. The molecule has 0 fully saturated rings. The van der Waals surface area contributed by atoms with E-state index in [1.54, 1.807) is 4.57 Å². The topological polar surface area (TPSA) is 84.7 Å². The van der Waals surface area contributed by atoms with Crippen LogP contribution in [0, 0.1) is 11.3 Å². The van der Waals surface area contributed by atoms with Gasteiger partial charge in [0.15, 0.2) is 0 Å². The SMILES string of the molecule is N#CCc1nc2ccccc2n1CC(N)=O. The van der Waals surface area contributed by atoms with Crippen molar-refractivity contribution in [2.75, 3.05) is 0 Å². The molecule has 0 atom stereocenters. The molecular formula is C11H10N4O. The van der Waals surface area contributed by atoms with Crippen molar-refractivity contribution in [3.05, 3.63) is 30.1 Å². The highest BCUT2D eigenvalue weighted by Gasteiger charge is 2.11. The molecule has 2 aromatic rings. The quantitative estimate of drug-likeness (QED) is 0.811. The number of imidazole rings is 1. The van der Waals surface area contributed by atoms with Gasteiger partial charge in [0.25, 0.3) is 0 Å². The summed E-state index contributed by atoms with van der Waals surface area (Å²) in [4.78, 5) is 15.2. The summed E-state index contributed by atoms with van der Waals surface area (Å²) in [6.45, 7) is 0.0531. The predicted octanol–water partition coefficient (Wildman–Crippen LogP) is 0.588. The molecule has 80 valence electrons. The van der Waals surface area contributed by atoms with Gasteiger partial charge in [0.2, 0.25) is 5.91 Å². The molecule has 0 spiro atoms. The smallest absolute Gasteiger partial charge is 0.237 e. The summed E-state index contributed by atoms with van der Waals surface area (Å²) >= 11 is 0. The molecule has 0 bridgehead atoms. The van der Waals surface area contributed by atoms with E-state index in [4.69, 9.17) is 11.0 Å². The standard InChI is InChI=1S/C11H10N4O/c12-6-5-11-14-8-3-1-2-4-9(8)15(11)7-10(13)16/h1-4H,5,7H2,(H2,13,16). The molecule has 5 nitrogen and oxygen atoms in total. The zero-order chi connectivity index (χ0) is 11.5. The summed E-state index contributed by atoms with van der Waals surface area (Å²) in [5, 5.41) is 8.68. The van der Waals surface area contributed by atoms with E-state index in [1.807, 2.05) is 30.3 Å². The normalized spacial score (nSPS) is 10.2. The number of hydrogen-bond donors (Lipinski definition) is 1. The predicted molar refractivity (Wildman–Crippen MR) is 58.2 cm³/mol. The lowest BCUT2D eigenvalue weighted by molar-refractivity contribution is -0.118.